The van der Waals surface area contributed by atoms with Crippen molar-refractivity contribution in [2.75, 3.05) is 11.9 Å². The van der Waals surface area contributed by atoms with E-state index in [2.05, 4.69) is 17.4 Å². The molecule has 0 fully saturated rings. The second-order valence-corrected chi connectivity index (χ2v) is 5.87. The van der Waals surface area contributed by atoms with Gasteiger partial charge in [-0.1, -0.05) is 24.3 Å². The minimum atomic E-state index is -0.541. The van der Waals surface area contributed by atoms with Gasteiger partial charge in [0.2, 0.25) is 0 Å². The molecule has 3 rings (SSSR count). The summed E-state index contributed by atoms with van der Waals surface area (Å²) in [5.41, 5.74) is 1.28. The van der Waals surface area contributed by atoms with Gasteiger partial charge in [0, 0.05) is 16.7 Å². The first-order chi connectivity index (χ1) is 9.24. The van der Waals surface area contributed by atoms with Crippen molar-refractivity contribution >= 4 is 17.4 Å². The van der Waals surface area contributed by atoms with Gasteiger partial charge in [-0.15, -0.1) is 11.8 Å². The molecule has 1 nitrogen and oxygen atoms in total. The van der Waals surface area contributed by atoms with Crippen LogP contribution in [0.2, 0.25) is 0 Å². The Hall–Kier alpha value is -1.55. The molecule has 0 aliphatic carbocycles. The van der Waals surface area contributed by atoms with Crippen LogP contribution in [-0.2, 0) is 6.42 Å². The van der Waals surface area contributed by atoms with Crippen molar-refractivity contribution in [2.24, 2.45) is 0 Å². The predicted octanol–water partition coefficient (Wildman–Crippen LogP) is 4.09. The SMILES string of the molecule is Fc1cccc(F)c1NCC1Cc2ccccc2S1. The molecule has 0 amide bonds. The summed E-state index contributed by atoms with van der Waals surface area (Å²) in [6, 6.07) is 12.1. The number of rotatable bonds is 3. The van der Waals surface area contributed by atoms with E-state index >= 15 is 0 Å². The van der Waals surface area contributed by atoms with Crippen molar-refractivity contribution in [3.05, 3.63) is 59.7 Å². The Labute approximate surface area is 115 Å². The number of benzene rings is 2. The van der Waals surface area contributed by atoms with Gasteiger partial charge in [0.1, 0.15) is 17.3 Å². The van der Waals surface area contributed by atoms with Gasteiger partial charge in [-0.05, 0) is 30.2 Å². The van der Waals surface area contributed by atoms with Crippen LogP contribution >= 0.6 is 11.8 Å². The fraction of sp³-hybridized carbons (Fsp3) is 0.200. The summed E-state index contributed by atoms with van der Waals surface area (Å²) >= 11 is 1.76. The molecule has 0 aromatic heterocycles. The van der Waals surface area contributed by atoms with Gasteiger partial charge in [0.05, 0.1) is 0 Å². The number of hydrogen-bond donors (Lipinski definition) is 1. The molecule has 0 saturated carbocycles. The van der Waals surface area contributed by atoms with Crippen LogP contribution in [0.15, 0.2) is 47.4 Å². The van der Waals surface area contributed by atoms with Gasteiger partial charge in [-0.25, -0.2) is 8.78 Å². The molecule has 1 aliphatic rings. The zero-order valence-electron chi connectivity index (χ0n) is 10.2. The lowest BCUT2D eigenvalue weighted by Crippen LogP contribution is -2.17. The van der Waals surface area contributed by atoms with Gasteiger partial charge >= 0.3 is 0 Å². The Morgan fingerprint density at radius 2 is 1.79 bits per heavy atom. The minimum absolute atomic E-state index is 0.0287. The zero-order chi connectivity index (χ0) is 13.2. The minimum Gasteiger partial charge on any atom is -0.379 e. The molecule has 1 atom stereocenters. The van der Waals surface area contributed by atoms with Crippen LogP contribution in [0.1, 0.15) is 5.56 Å². The molecule has 2 aromatic carbocycles. The molecule has 2 aromatic rings. The summed E-state index contributed by atoms with van der Waals surface area (Å²) in [6.45, 7) is 0.553. The van der Waals surface area contributed by atoms with Crippen molar-refractivity contribution < 1.29 is 8.78 Å². The molecule has 0 bridgehead atoms. The van der Waals surface area contributed by atoms with E-state index in [9.17, 15) is 8.78 Å². The molecule has 1 heterocycles. The van der Waals surface area contributed by atoms with E-state index in [0.29, 0.717) is 11.8 Å². The molecule has 19 heavy (non-hydrogen) atoms. The van der Waals surface area contributed by atoms with Gasteiger partial charge < -0.3 is 5.32 Å². The Bertz CT molecular complexity index is 555. The Morgan fingerprint density at radius 3 is 2.53 bits per heavy atom. The maximum atomic E-state index is 13.5. The van der Waals surface area contributed by atoms with Crippen LogP contribution in [0.5, 0.6) is 0 Å². The van der Waals surface area contributed by atoms with Crippen LogP contribution in [0.4, 0.5) is 14.5 Å². The monoisotopic (exact) mass is 277 g/mol. The molecule has 0 spiro atoms. The molecule has 1 N–H and O–H groups in total. The molecule has 1 aliphatic heterocycles. The van der Waals surface area contributed by atoms with Gasteiger partial charge in [0.25, 0.3) is 0 Å². The number of halogens is 2. The highest BCUT2D eigenvalue weighted by Gasteiger charge is 2.22. The van der Waals surface area contributed by atoms with E-state index < -0.39 is 11.6 Å². The number of nitrogens with one attached hydrogen (secondary N) is 1. The standard InChI is InChI=1S/C15H13F2NS/c16-12-5-3-6-13(17)15(12)18-9-11-8-10-4-1-2-7-14(10)19-11/h1-7,11,18H,8-9H2. The average molecular weight is 277 g/mol. The largest absolute Gasteiger partial charge is 0.379 e. The highest BCUT2D eigenvalue weighted by atomic mass is 32.2. The summed E-state index contributed by atoms with van der Waals surface area (Å²) < 4.78 is 27.0. The highest BCUT2D eigenvalue weighted by Crippen LogP contribution is 2.36. The van der Waals surface area contributed by atoms with E-state index in [0.717, 1.165) is 6.42 Å². The normalized spacial score (nSPS) is 17.3. The van der Waals surface area contributed by atoms with Gasteiger partial charge in [0.15, 0.2) is 0 Å². The van der Waals surface area contributed by atoms with Crippen molar-refractivity contribution in [1.82, 2.24) is 0 Å². The second-order valence-electron chi connectivity index (χ2n) is 4.53. The third kappa shape index (κ3) is 2.59. The van der Waals surface area contributed by atoms with Crippen LogP contribution in [-0.4, -0.2) is 11.8 Å². The second kappa shape index (κ2) is 5.21. The molecular formula is C15H13F2NS. The van der Waals surface area contributed by atoms with Gasteiger partial charge in [-0.3, -0.25) is 0 Å². The lowest BCUT2D eigenvalue weighted by Gasteiger charge is -2.12. The Balaban J connectivity index is 1.66. The van der Waals surface area contributed by atoms with Crippen molar-refractivity contribution in [2.45, 2.75) is 16.6 Å². The van der Waals surface area contributed by atoms with Gasteiger partial charge in [-0.2, -0.15) is 0 Å². The number of anilines is 1. The summed E-state index contributed by atoms with van der Waals surface area (Å²) in [4.78, 5) is 1.27. The first kappa shape index (κ1) is 12.5. The number of hydrogen-bond acceptors (Lipinski definition) is 2. The first-order valence-corrected chi connectivity index (χ1v) is 7.04. The van der Waals surface area contributed by atoms with E-state index in [-0.39, 0.29) is 5.69 Å². The van der Waals surface area contributed by atoms with Crippen LogP contribution in [0, 0.1) is 11.6 Å². The summed E-state index contributed by atoms with van der Waals surface area (Å²) in [6.07, 6.45) is 0.934. The maximum absolute atomic E-state index is 13.5. The van der Waals surface area contributed by atoms with E-state index in [1.165, 1.54) is 28.7 Å². The lowest BCUT2D eigenvalue weighted by atomic mass is 10.1. The highest BCUT2D eigenvalue weighted by molar-refractivity contribution is 8.00. The number of para-hydroxylation sites is 1. The van der Waals surface area contributed by atoms with E-state index in [1.807, 2.05) is 12.1 Å². The van der Waals surface area contributed by atoms with Crippen LogP contribution < -0.4 is 5.32 Å². The maximum Gasteiger partial charge on any atom is 0.149 e. The molecular weight excluding hydrogens is 264 g/mol. The third-order valence-corrected chi connectivity index (χ3v) is 4.50. The smallest absolute Gasteiger partial charge is 0.149 e. The van der Waals surface area contributed by atoms with Crippen LogP contribution in [0.25, 0.3) is 0 Å². The molecule has 0 saturated heterocycles. The van der Waals surface area contributed by atoms with E-state index in [4.69, 9.17) is 0 Å². The van der Waals surface area contributed by atoms with Crippen LogP contribution in [0.3, 0.4) is 0 Å². The first-order valence-electron chi connectivity index (χ1n) is 6.16. The molecule has 98 valence electrons. The lowest BCUT2D eigenvalue weighted by molar-refractivity contribution is 0.587. The summed E-state index contributed by atoms with van der Waals surface area (Å²) in [5, 5.41) is 3.20. The number of fused-ring (bicyclic) bond motifs is 1. The zero-order valence-corrected chi connectivity index (χ0v) is 11.0. The average Bonchev–Trinajstić information content (AvgIpc) is 2.81. The predicted molar refractivity (Wildman–Crippen MR) is 74.6 cm³/mol. The fourth-order valence-corrected chi connectivity index (χ4v) is 3.50. The number of thioether (sulfide) groups is 1. The Morgan fingerprint density at radius 1 is 1.05 bits per heavy atom. The van der Waals surface area contributed by atoms with Crippen molar-refractivity contribution in [1.29, 1.82) is 0 Å². The van der Waals surface area contributed by atoms with Crippen molar-refractivity contribution in [3.8, 4) is 0 Å². The third-order valence-electron chi connectivity index (χ3n) is 3.18. The Kier molecular flexibility index (Phi) is 3.42. The summed E-state index contributed by atoms with van der Waals surface area (Å²) in [5.74, 6) is -1.08. The molecule has 1 unspecified atom stereocenters. The van der Waals surface area contributed by atoms with Crippen molar-refractivity contribution in [3.63, 3.8) is 0 Å². The summed E-state index contributed by atoms with van der Waals surface area (Å²) in [7, 11) is 0. The quantitative estimate of drug-likeness (QED) is 0.906. The van der Waals surface area contributed by atoms with E-state index in [1.54, 1.807) is 11.8 Å². The molecule has 4 heteroatoms. The topological polar surface area (TPSA) is 12.0 Å². The fourth-order valence-electron chi connectivity index (χ4n) is 2.25. The molecule has 0 radical (unpaired) electrons.